The Bertz CT molecular complexity index is 275. The second-order valence-corrected chi connectivity index (χ2v) is 5.78. The third kappa shape index (κ3) is 8.91. The van der Waals surface area contributed by atoms with E-state index in [2.05, 4.69) is 0 Å². The van der Waals surface area contributed by atoms with Crippen LogP contribution in [0, 0.1) is 11.8 Å². The highest BCUT2D eigenvalue weighted by molar-refractivity contribution is 5.95. The van der Waals surface area contributed by atoms with Crippen molar-refractivity contribution in [3.05, 3.63) is 0 Å². The Morgan fingerprint density at radius 1 is 0.850 bits per heavy atom. The maximum absolute atomic E-state index is 11.9. The van der Waals surface area contributed by atoms with Gasteiger partial charge in [0, 0.05) is 13.2 Å². The SMILES string of the molecule is CC(C)COCCC(C(=O)OC(C)C)C(=O)OC(C)C. The van der Waals surface area contributed by atoms with Crippen LogP contribution in [0.2, 0.25) is 0 Å². The summed E-state index contributed by atoms with van der Waals surface area (Å²) in [7, 11) is 0. The molecule has 0 spiro atoms. The van der Waals surface area contributed by atoms with Crippen LogP contribution >= 0.6 is 0 Å². The van der Waals surface area contributed by atoms with Crippen LogP contribution in [0.3, 0.4) is 0 Å². The molecule has 5 nitrogen and oxygen atoms in total. The van der Waals surface area contributed by atoms with Crippen LogP contribution in [-0.4, -0.2) is 37.4 Å². The Morgan fingerprint density at radius 3 is 1.65 bits per heavy atom. The lowest BCUT2D eigenvalue weighted by Gasteiger charge is -2.18. The van der Waals surface area contributed by atoms with Crippen LogP contribution in [0.4, 0.5) is 0 Å². The molecule has 0 aromatic heterocycles. The van der Waals surface area contributed by atoms with Gasteiger partial charge in [-0.15, -0.1) is 0 Å². The van der Waals surface area contributed by atoms with E-state index in [4.69, 9.17) is 14.2 Å². The number of hydrogen-bond acceptors (Lipinski definition) is 5. The van der Waals surface area contributed by atoms with Crippen LogP contribution in [0.1, 0.15) is 48.0 Å². The highest BCUT2D eigenvalue weighted by Crippen LogP contribution is 2.12. The predicted molar refractivity (Wildman–Crippen MR) is 76.2 cm³/mol. The van der Waals surface area contributed by atoms with Crippen molar-refractivity contribution in [2.75, 3.05) is 13.2 Å². The molecule has 0 aromatic rings. The van der Waals surface area contributed by atoms with Crippen LogP contribution < -0.4 is 0 Å². The lowest BCUT2D eigenvalue weighted by atomic mass is 10.1. The first-order valence-corrected chi connectivity index (χ1v) is 7.22. The summed E-state index contributed by atoms with van der Waals surface area (Å²) in [5, 5.41) is 0. The van der Waals surface area contributed by atoms with E-state index in [1.54, 1.807) is 27.7 Å². The number of rotatable bonds is 9. The van der Waals surface area contributed by atoms with E-state index < -0.39 is 17.9 Å². The molecule has 0 amide bonds. The molecular weight excluding hydrogens is 260 g/mol. The molecule has 20 heavy (non-hydrogen) atoms. The Morgan fingerprint density at radius 2 is 1.30 bits per heavy atom. The number of esters is 2. The van der Waals surface area contributed by atoms with E-state index >= 15 is 0 Å². The lowest BCUT2D eigenvalue weighted by molar-refractivity contribution is -0.167. The van der Waals surface area contributed by atoms with Gasteiger partial charge < -0.3 is 14.2 Å². The minimum absolute atomic E-state index is 0.256. The van der Waals surface area contributed by atoms with Crippen molar-refractivity contribution in [2.24, 2.45) is 11.8 Å². The van der Waals surface area contributed by atoms with Crippen molar-refractivity contribution < 1.29 is 23.8 Å². The van der Waals surface area contributed by atoms with E-state index in [9.17, 15) is 9.59 Å². The van der Waals surface area contributed by atoms with E-state index in [0.29, 0.717) is 19.1 Å². The fourth-order valence-electron chi connectivity index (χ4n) is 1.48. The monoisotopic (exact) mass is 288 g/mol. The largest absolute Gasteiger partial charge is 0.462 e. The average Bonchev–Trinajstić information content (AvgIpc) is 2.25. The molecule has 0 fully saturated rings. The number of carbonyl (C=O) groups is 2. The maximum atomic E-state index is 11.9. The van der Waals surface area contributed by atoms with Gasteiger partial charge in [0.15, 0.2) is 5.92 Å². The van der Waals surface area contributed by atoms with Gasteiger partial charge in [0.05, 0.1) is 12.2 Å². The van der Waals surface area contributed by atoms with Crippen molar-refractivity contribution in [3.63, 3.8) is 0 Å². The zero-order valence-corrected chi connectivity index (χ0v) is 13.5. The van der Waals surface area contributed by atoms with E-state index in [0.717, 1.165) is 0 Å². The molecule has 0 aliphatic heterocycles. The number of ether oxygens (including phenoxy) is 3. The molecule has 118 valence electrons. The molecule has 0 atom stereocenters. The highest BCUT2D eigenvalue weighted by Gasteiger charge is 2.30. The van der Waals surface area contributed by atoms with Gasteiger partial charge in [-0.05, 0) is 40.0 Å². The Labute approximate surface area is 122 Å². The maximum Gasteiger partial charge on any atom is 0.320 e. The summed E-state index contributed by atoms with van der Waals surface area (Å²) in [5.41, 5.74) is 0. The zero-order valence-electron chi connectivity index (χ0n) is 13.5. The molecule has 0 radical (unpaired) electrons. The first-order chi connectivity index (χ1) is 9.23. The fourth-order valence-corrected chi connectivity index (χ4v) is 1.48. The van der Waals surface area contributed by atoms with Gasteiger partial charge in [-0.25, -0.2) is 0 Å². The number of carbonyl (C=O) groups excluding carboxylic acids is 2. The predicted octanol–water partition coefficient (Wildman–Crippen LogP) is 2.57. The highest BCUT2D eigenvalue weighted by atomic mass is 16.6. The van der Waals surface area contributed by atoms with Crippen molar-refractivity contribution in [3.8, 4) is 0 Å². The molecule has 0 aliphatic rings. The molecule has 0 aromatic carbocycles. The first kappa shape index (κ1) is 18.9. The summed E-state index contributed by atoms with van der Waals surface area (Å²) in [4.78, 5) is 23.9. The normalized spacial score (nSPS) is 11.5. The molecule has 0 N–H and O–H groups in total. The van der Waals surface area contributed by atoms with E-state index in [1.807, 2.05) is 13.8 Å². The molecule has 0 heterocycles. The van der Waals surface area contributed by atoms with Gasteiger partial charge in [0.2, 0.25) is 0 Å². The van der Waals surface area contributed by atoms with Gasteiger partial charge in [-0.2, -0.15) is 0 Å². The summed E-state index contributed by atoms with van der Waals surface area (Å²) >= 11 is 0. The lowest BCUT2D eigenvalue weighted by Crippen LogP contribution is -2.32. The Balaban J connectivity index is 4.46. The summed E-state index contributed by atoms with van der Waals surface area (Å²) in [6.07, 6.45) is -0.231. The summed E-state index contributed by atoms with van der Waals surface area (Å²) in [6.45, 7) is 12.0. The smallest absolute Gasteiger partial charge is 0.320 e. The minimum atomic E-state index is -0.910. The summed E-state index contributed by atoms with van der Waals surface area (Å²) in [5.74, 6) is -1.58. The average molecular weight is 288 g/mol. The third-order valence-corrected chi connectivity index (χ3v) is 2.27. The molecule has 5 heteroatoms. The van der Waals surface area contributed by atoms with Crippen molar-refractivity contribution in [2.45, 2.75) is 60.2 Å². The minimum Gasteiger partial charge on any atom is -0.462 e. The molecule has 0 saturated heterocycles. The van der Waals surface area contributed by atoms with Crippen molar-refractivity contribution in [1.29, 1.82) is 0 Å². The second-order valence-electron chi connectivity index (χ2n) is 5.78. The van der Waals surface area contributed by atoms with Crippen LogP contribution in [0.5, 0.6) is 0 Å². The van der Waals surface area contributed by atoms with Gasteiger partial charge in [0.25, 0.3) is 0 Å². The van der Waals surface area contributed by atoms with Crippen LogP contribution in [0.15, 0.2) is 0 Å². The second kappa shape index (κ2) is 9.75. The Kier molecular flexibility index (Phi) is 9.21. The van der Waals surface area contributed by atoms with Crippen molar-refractivity contribution >= 4 is 11.9 Å². The molecule has 0 saturated carbocycles. The van der Waals surface area contributed by atoms with Gasteiger partial charge in [-0.3, -0.25) is 9.59 Å². The van der Waals surface area contributed by atoms with Gasteiger partial charge >= 0.3 is 11.9 Å². The number of hydrogen-bond donors (Lipinski definition) is 0. The van der Waals surface area contributed by atoms with E-state index in [-0.39, 0.29) is 18.6 Å². The van der Waals surface area contributed by atoms with Gasteiger partial charge in [0.1, 0.15) is 0 Å². The molecular formula is C15H28O5. The fraction of sp³-hybridized carbons (Fsp3) is 0.867. The molecule has 0 bridgehead atoms. The van der Waals surface area contributed by atoms with Gasteiger partial charge in [-0.1, -0.05) is 13.8 Å². The topological polar surface area (TPSA) is 61.8 Å². The van der Waals surface area contributed by atoms with Crippen LogP contribution in [-0.2, 0) is 23.8 Å². The quantitative estimate of drug-likeness (QED) is 0.371. The standard InChI is InChI=1S/C15H28O5/c1-10(2)9-18-8-7-13(14(16)19-11(3)4)15(17)20-12(5)6/h10-13H,7-9H2,1-6H3. The molecule has 0 unspecified atom stereocenters. The summed E-state index contributed by atoms with van der Waals surface area (Å²) in [6, 6.07) is 0. The molecule has 0 rings (SSSR count). The van der Waals surface area contributed by atoms with E-state index in [1.165, 1.54) is 0 Å². The summed E-state index contributed by atoms with van der Waals surface area (Å²) < 4.78 is 15.6. The molecule has 0 aliphatic carbocycles. The van der Waals surface area contributed by atoms with Crippen molar-refractivity contribution in [1.82, 2.24) is 0 Å². The zero-order chi connectivity index (χ0) is 15.7. The first-order valence-electron chi connectivity index (χ1n) is 7.22. The third-order valence-electron chi connectivity index (χ3n) is 2.27. The van der Waals surface area contributed by atoms with Crippen LogP contribution in [0.25, 0.3) is 0 Å². The Hall–Kier alpha value is -1.10.